The lowest BCUT2D eigenvalue weighted by molar-refractivity contribution is -0.190. The number of aromatic nitrogens is 1. The predicted octanol–water partition coefficient (Wildman–Crippen LogP) is 4.47. The van der Waals surface area contributed by atoms with Gasteiger partial charge in [-0.1, -0.05) is 0 Å². The molecule has 4 nitrogen and oxygen atoms in total. The minimum Gasteiger partial charge on any atom is -0.346 e. The molecule has 0 spiro atoms. The summed E-state index contributed by atoms with van der Waals surface area (Å²) in [6, 6.07) is 2.67. The van der Waals surface area contributed by atoms with Crippen LogP contribution in [-0.2, 0) is 23.1 Å². The highest BCUT2D eigenvalue weighted by atomic mass is 79.9. The number of halogens is 5. The van der Waals surface area contributed by atoms with Crippen molar-refractivity contribution in [2.24, 2.45) is 5.41 Å². The quantitative estimate of drug-likeness (QED) is 0.635. The Morgan fingerprint density at radius 1 is 1.26 bits per heavy atom. The Morgan fingerprint density at radius 2 is 1.93 bits per heavy atom. The molecule has 2 fully saturated rings. The molecule has 0 saturated heterocycles. The average Bonchev–Trinajstić information content (AvgIpc) is 3.45. The van der Waals surface area contributed by atoms with Crippen LogP contribution in [-0.4, -0.2) is 24.4 Å². The second-order valence-electron chi connectivity index (χ2n) is 7.41. The molecular weight excluding hydrogens is 452 g/mol. The van der Waals surface area contributed by atoms with E-state index in [9.17, 15) is 26.0 Å². The highest BCUT2D eigenvalue weighted by Crippen LogP contribution is 2.59. The van der Waals surface area contributed by atoms with Gasteiger partial charge in [-0.25, -0.2) is 17.5 Å². The van der Waals surface area contributed by atoms with Gasteiger partial charge in [-0.3, -0.25) is 0 Å². The zero-order chi connectivity index (χ0) is 19.6. The summed E-state index contributed by atoms with van der Waals surface area (Å²) in [7, 11) is -3.45. The summed E-state index contributed by atoms with van der Waals surface area (Å²) in [6.07, 6.45) is -1.49. The molecule has 1 aromatic carbocycles. The molecule has 0 radical (unpaired) electrons. The maximum Gasteiger partial charge on any atom is 0.396 e. The summed E-state index contributed by atoms with van der Waals surface area (Å²) in [5, 5.41) is 0.00358. The van der Waals surface area contributed by atoms with Crippen LogP contribution >= 0.6 is 15.9 Å². The van der Waals surface area contributed by atoms with E-state index in [1.165, 1.54) is 22.9 Å². The van der Waals surface area contributed by atoms with Gasteiger partial charge >= 0.3 is 6.18 Å². The fourth-order valence-corrected chi connectivity index (χ4v) is 4.99. The van der Waals surface area contributed by atoms with Gasteiger partial charge < -0.3 is 4.57 Å². The summed E-state index contributed by atoms with van der Waals surface area (Å²) in [5.74, 6) is -0.552. The molecule has 0 amide bonds. The number of nitrogens with one attached hydrogen (secondary N) is 1. The van der Waals surface area contributed by atoms with Gasteiger partial charge in [-0.2, -0.15) is 13.2 Å². The van der Waals surface area contributed by atoms with E-state index in [2.05, 4.69) is 20.7 Å². The summed E-state index contributed by atoms with van der Waals surface area (Å²) in [6.45, 7) is -0.344. The molecule has 2 aromatic rings. The lowest BCUT2D eigenvalue weighted by Gasteiger charge is -2.20. The Labute approximate surface area is 162 Å². The van der Waals surface area contributed by atoms with Crippen molar-refractivity contribution in [3.63, 3.8) is 0 Å². The van der Waals surface area contributed by atoms with Crippen molar-refractivity contribution in [3.05, 3.63) is 34.2 Å². The average molecular weight is 469 g/mol. The number of sulfonamides is 1. The van der Waals surface area contributed by atoms with Gasteiger partial charge in [0, 0.05) is 30.2 Å². The van der Waals surface area contributed by atoms with Crippen LogP contribution in [0.15, 0.2) is 22.8 Å². The Morgan fingerprint density at radius 3 is 2.48 bits per heavy atom. The van der Waals surface area contributed by atoms with E-state index in [1.807, 2.05) is 0 Å². The first-order valence-corrected chi connectivity index (χ1v) is 10.9. The lowest BCUT2D eigenvalue weighted by Crippen LogP contribution is -2.29. The predicted molar refractivity (Wildman–Crippen MR) is 96.1 cm³/mol. The zero-order valence-corrected chi connectivity index (χ0v) is 16.5. The second kappa shape index (κ2) is 6.18. The van der Waals surface area contributed by atoms with Gasteiger partial charge in [0.05, 0.1) is 15.1 Å². The summed E-state index contributed by atoms with van der Waals surface area (Å²) in [4.78, 5) is 0. The van der Waals surface area contributed by atoms with E-state index in [0.717, 1.165) is 0 Å². The van der Waals surface area contributed by atoms with Crippen molar-refractivity contribution in [2.45, 2.75) is 50.2 Å². The van der Waals surface area contributed by atoms with Crippen LogP contribution in [0.2, 0.25) is 0 Å². The maximum absolute atomic E-state index is 14.0. The van der Waals surface area contributed by atoms with E-state index >= 15 is 0 Å². The molecule has 0 aliphatic heterocycles. The van der Waals surface area contributed by atoms with Gasteiger partial charge in [0.1, 0.15) is 5.82 Å². The third kappa shape index (κ3) is 3.51. The Balaban J connectivity index is 1.70. The largest absolute Gasteiger partial charge is 0.396 e. The van der Waals surface area contributed by atoms with Crippen LogP contribution in [0.5, 0.6) is 0 Å². The van der Waals surface area contributed by atoms with Gasteiger partial charge in [0.2, 0.25) is 10.0 Å². The molecule has 0 atom stereocenters. The smallest absolute Gasteiger partial charge is 0.346 e. The molecular formula is C17H17BrF4N2O2S. The molecule has 27 heavy (non-hydrogen) atoms. The Hall–Kier alpha value is -1.13. The van der Waals surface area contributed by atoms with Gasteiger partial charge in [0.15, 0.2) is 0 Å². The molecule has 1 N–H and O–H groups in total. The SMILES string of the molecule is O=S(=O)(NCc1cn(CC2(C(F)(F)F)CC2)c2cc(Br)c(F)cc12)C1CC1. The minimum absolute atomic E-state index is 0.0577. The fraction of sp³-hybridized carbons (Fsp3) is 0.529. The van der Waals surface area contributed by atoms with Crippen LogP contribution < -0.4 is 4.72 Å². The normalized spacial score (nSPS) is 19.6. The maximum atomic E-state index is 14.0. The third-order valence-corrected chi connectivity index (χ3v) is 7.86. The minimum atomic E-state index is -4.31. The monoisotopic (exact) mass is 468 g/mol. The Kier molecular flexibility index (Phi) is 4.40. The number of rotatable bonds is 6. The molecule has 4 rings (SSSR count). The lowest BCUT2D eigenvalue weighted by atomic mass is 10.1. The van der Waals surface area contributed by atoms with Crippen molar-refractivity contribution >= 4 is 36.9 Å². The Bertz CT molecular complexity index is 1010. The molecule has 1 aromatic heterocycles. The molecule has 1 heterocycles. The van der Waals surface area contributed by atoms with Crippen molar-refractivity contribution in [2.75, 3.05) is 0 Å². The van der Waals surface area contributed by atoms with E-state index < -0.39 is 32.7 Å². The van der Waals surface area contributed by atoms with Gasteiger partial charge in [-0.05, 0) is 59.3 Å². The topological polar surface area (TPSA) is 51.1 Å². The van der Waals surface area contributed by atoms with Crippen LogP contribution in [0, 0.1) is 11.2 Å². The first-order chi connectivity index (χ1) is 12.5. The number of hydrogen-bond donors (Lipinski definition) is 1. The molecule has 2 aliphatic carbocycles. The highest BCUT2D eigenvalue weighted by molar-refractivity contribution is 9.10. The molecule has 0 unspecified atom stereocenters. The molecule has 10 heteroatoms. The summed E-state index contributed by atoms with van der Waals surface area (Å²) >= 11 is 3.07. The molecule has 2 aliphatic rings. The van der Waals surface area contributed by atoms with E-state index in [4.69, 9.17) is 0 Å². The number of hydrogen-bond acceptors (Lipinski definition) is 2. The molecule has 2 saturated carbocycles. The van der Waals surface area contributed by atoms with E-state index in [-0.39, 0.29) is 30.4 Å². The van der Waals surface area contributed by atoms with E-state index in [1.54, 1.807) is 0 Å². The van der Waals surface area contributed by atoms with Gasteiger partial charge in [0.25, 0.3) is 0 Å². The molecule has 0 bridgehead atoms. The molecule has 148 valence electrons. The second-order valence-corrected chi connectivity index (χ2v) is 10.3. The first kappa shape index (κ1) is 19.2. The van der Waals surface area contributed by atoms with Crippen molar-refractivity contribution in [1.29, 1.82) is 0 Å². The highest BCUT2D eigenvalue weighted by Gasteiger charge is 2.63. The summed E-state index contributed by atoms with van der Waals surface area (Å²) in [5.41, 5.74) is -0.858. The number of alkyl halides is 3. The van der Waals surface area contributed by atoms with Crippen LogP contribution in [0.1, 0.15) is 31.2 Å². The number of benzene rings is 1. The summed E-state index contributed by atoms with van der Waals surface area (Å²) < 4.78 is 82.3. The van der Waals surface area contributed by atoms with Crippen molar-refractivity contribution in [1.82, 2.24) is 9.29 Å². The van der Waals surface area contributed by atoms with Crippen LogP contribution in [0.25, 0.3) is 10.9 Å². The van der Waals surface area contributed by atoms with Gasteiger partial charge in [-0.15, -0.1) is 0 Å². The van der Waals surface area contributed by atoms with Crippen molar-refractivity contribution < 1.29 is 26.0 Å². The number of nitrogens with zero attached hydrogens (tertiary/aromatic N) is 1. The van der Waals surface area contributed by atoms with Crippen LogP contribution in [0.4, 0.5) is 17.6 Å². The third-order valence-electron chi connectivity index (χ3n) is 5.36. The standard InChI is InChI=1S/C17H17BrF4N2O2S/c18-13-6-15-12(5-14(13)19)10(7-23-27(25,26)11-1-2-11)8-24(15)9-16(3-4-16)17(20,21)22/h5-6,8,11,23H,1-4,7,9H2. The number of fused-ring (bicyclic) bond motifs is 1. The zero-order valence-electron chi connectivity index (χ0n) is 14.1. The fourth-order valence-electron chi connectivity index (χ4n) is 3.31. The van der Waals surface area contributed by atoms with E-state index in [0.29, 0.717) is 29.3 Å². The first-order valence-electron chi connectivity index (χ1n) is 8.54. The van der Waals surface area contributed by atoms with Crippen LogP contribution in [0.3, 0.4) is 0 Å². The van der Waals surface area contributed by atoms with Crippen molar-refractivity contribution in [3.8, 4) is 0 Å².